The number of rotatable bonds is 4. The fraction of sp³-hybridized carbons (Fsp3) is 0.300. The third kappa shape index (κ3) is 2.47. The SMILES string of the molecule is CCOc1ccnc(Nc2ccn(C)n2)n1. The normalized spacial score (nSPS) is 10.1. The van der Waals surface area contributed by atoms with Gasteiger partial charge >= 0.3 is 0 Å². The number of nitrogens with one attached hydrogen (secondary N) is 1. The minimum atomic E-state index is 0.477. The Hall–Kier alpha value is -2.11. The quantitative estimate of drug-likeness (QED) is 0.840. The van der Waals surface area contributed by atoms with E-state index in [1.165, 1.54) is 0 Å². The number of hydrogen-bond donors (Lipinski definition) is 1. The predicted molar refractivity (Wildman–Crippen MR) is 59.7 cm³/mol. The molecule has 0 fully saturated rings. The van der Waals surface area contributed by atoms with Gasteiger partial charge in [0.25, 0.3) is 0 Å². The molecule has 2 aromatic rings. The summed E-state index contributed by atoms with van der Waals surface area (Å²) in [5.74, 6) is 1.73. The lowest BCUT2D eigenvalue weighted by atomic mass is 10.6. The van der Waals surface area contributed by atoms with Gasteiger partial charge in [-0.1, -0.05) is 0 Å². The van der Waals surface area contributed by atoms with Gasteiger partial charge in [0.2, 0.25) is 11.8 Å². The molecule has 0 aliphatic rings. The molecule has 6 heteroatoms. The maximum Gasteiger partial charge on any atom is 0.231 e. The molecule has 2 aromatic heterocycles. The number of aromatic nitrogens is 4. The third-order valence-corrected chi connectivity index (χ3v) is 1.88. The van der Waals surface area contributed by atoms with Crippen molar-refractivity contribution in [2.45, 2.75) is 6.92 Å². The van der Waals surface area contributed by atoms with Crippen LogP contribution in [0.2, 0.25) is 0 Å². The fourth-order valence-corrected chi connectivity index (χ4v) is 1.23. The summed E-state index contributed by atoms with van der Waals surface area (Å²) in [7, 11) is 1.85. The zero-order valence-corrected chi connectivity index (χ0v) is 9.21. The Morgan fingerprint density at radius 2 is 2.31 bits per heavy atom. The van der Waals surface area contributed by atoms with E-state index in [9.17, 15) is 0 Å². The highest BCUT2D eigenvalue weighted by Crippen LogP contribution is 2.12. The molecule has 2 heterocycles. The molecular weight excluding hydrogens is 206 g/mol. The number of nitrogens with zero attached hydrogens (tertiary/aromatic N) is 4. The minimum Gasteiger partial charge on any atom is -0.478 e. The van der Waals surface area contributed by atoms with E-state index in [-0.39, 0.29) is 0 Å². The summed E-state index contributed by atoms with van der Waals surface area (Å²) in [6.45, 7) is 2.49. The van der Waals surface area contributed by atoms with Crippen LogP contribution in [0.5, 0.6) is 5.88 Å². The van der Waals surface area contributed by atoms with Gasteiger partial charge in [0.15, 0.2) is 5.82 Å². The van der Waals surface area contributed by atoms with E-state index in [0.717, 1.165) is 0 Å². The lowest BCUT2D eigenvalue weighted by Crippen LogP contribution is -2.01. The van der Waals surface area contributed by atoms with Crippen LogP contribution < -0.4 is 10.1 Å². The highest BCUT2D eigenvalue weighted by atomic mass is 16.5. The molecule has 0 aliphatic carbocycles. The van der Waals surface area contributed by atoms with E-state index in [1.54, 1.807) is 16.9 Å². The van der Waals surface area contributed by atoms with Gasteiger partial charge in [-0.2, -0.15) is 10.1 Å². The first-order chi connectivity index (χ1) is 7.78. The smallest absolute Gasteiger partial charge is 0.231 e. The number of aryl methyl sites for hydroxylation is 1. The molecule has 1 N–H and O–H groups in total. The Bertz CT molecular complexity index is 468. The molecule has 0 saturated heterocycles. The number of anilines is 2. The van der Waals surface area contributed by atoms with Crippen molar-refractivity contribution in [2.75, 3.05) is 11.9 Å². The van der Waals surface area contributed by atoms with Gasteiger partial charge in [0, 0.05) is 31.6 Å². The van der Waals surface area contributed by atoms with Crippen molar-refractivity contribution in [1.29, 1.82) is 0 Å². The van der Waals surface area contributed by atoms with E-state index < -0.39 is 0 Å². The molecule has 2 rings (SSSR count). The average Bonchev–Trinajstić information content (AvgIpc) is 2.65. The van der Waals surface area contributed by atoms with Gasteiger partial charge in [-0.25, -0.2) is 4.98 Å². The van der Waals surface area contributed by atoms with Crippen LogP contribution in [0.4, 0.5) is 11.8 Å². The largest absolute Gasteiger partial charge is 0.478 e. The topological polar surface area (TPSA) is 64.9 Å². The average molecular weight is 219 g/mol. The summed E-state index contributed by atoms with van der Waals surface area (Å²) >= 11 is 0. The van der Waals surface area contributed by atoms with E-state index in [4.69, 9.17) is 4.74 Å². The maximum atomic E-state index is 5.27. The standard InChI is InChI=1S/C10H13N5O/c1-3-16-9-4-6-11-10(13-9)12-8-5-7-15(2)14-8/h4-7H,3H2,1-2H3,(H,11,12,13,14). The summed E-state index contributed by atoms with van der Waals surface area (Å²) in [5, 5.41) is 7.16. The van der Waals surface area contributed by atoms with E-state index in [0.29, 0.717) is 24.3 Å². The van der Waals surface area contributed by atoms with Crippen LogP contribution in [-0.4, -0.2) is 26.4 Å². The second kappa shape index (κ2) is 4.61. The first-order valence-corrected chi connectivity index (χ1v) is 5.00. The van der Waals surface area contributed by atoms with Gasteiger partial charge in [-0.15, -0.1) is 0 Å². The van der Waals surface area contributed by atoms with Gasteiger partial charge in [0.05, 0.1) is 6.61 Å². The Labute approximate surface area is 93.3 Å². The van der Waals surface area contributed by atoms with E-state index >= 15 is 0 Å². The third-order valence-electron chi connectivity index (χ3n) is 1.88. The van der Waals surface area contributed by atoms with Crippen molar-refractivity contribution in [3.8, 4) is 5.88 Å². The van der Waals surface area contributed by atoms with Crippen molar-refractivity contribution < 1.29 is 4.74 Å². The Kier molecular flexibility index (Phi) is 3.00. The van der Waals surface area contributed by atoms with Gasteiger partial charge in [0.1, 0.15) is 0 Å². The number of hydrogen-bond acceptors (Lipinski definition) is 5. The monoisotopic (exact) mass is 219 g/mol. The van der Waals surface area contributed by atoms with Crippen LogP contribution >= 0.6 is 0 Å². The molecule has 84 valence electrons. The lowest BCUT2D eigenvalue weighted by Gasteiger charge is -2.04. The van der Waals surface area contributed by atoms with Crippen molar-refractivity contribution in [2.24, 2.45) is 7.05 Å². The molecule has 6 nitrogen and oxygen atoms in total. The summed E-state index contributed by atoms with van der Waals surface area (Å²) < 4.78 is 6.98. The molecule has 0 radical (unpaired) electrons. The Morgan fingerprint density at radius 3 is 3.00 bits per heavy atom. The molecule has 0 bridgehead atoms. The fourth-order valence-electron chi connectivity index (χ4n) is 1.23. The molecule has 0 aliphatic heterocycles. The highest BCUT2D eigenvalue weighted by molar-refractivity contribution is 5.46. The van der Waals surface area contributed by atoms with Crippen molar-refractivity contribution in [3.63, 3.8) is 0 Å². The van der Waals surface area contributed by atoms with Crippen LogP contribution in [0, 0.1) is 0 Å². The Morgan fingerprint density at radius 1 is 1.44 bits per heavy atom. The van der Waals surface area contributed by atoms with E-state index in [1.807, 2.05) is 26.2 Å². The van der Waals surface area contributed by atoms with Crippen LogP contribution in [0.15, 0.2) is 24.5 Å². The zero-order valence-electron chi connectivity index (χ0n) is 9.21. The lowest BCUT2D eigenvalue weighted by molar-refractivity contribution is 0.327. The molecule has 0 unspecified atom stereocenters. The minimum absolute atomic E-state index is 0.477. The molecule has 16 heavy (non-hydrogen) atoms. The van der Waals surface area contributed by atoms with Crippen LogP contribution in [0.3, 0.4) is 0 Å². The van der Waals surface area contributed by atoms with Crippen LogP contribution in [0.1, 0.15) is 6.92 Å². The second-order valence-corrected chi connectivity index (χ2v) is 3.15. The van der Waals surface area contributed by atoms with Gasteiger partial charge < -0.3 is 10.1 Å². The van der Waals surface area contributed by atoms with Gasteiger partial charge in [-0.3, -0.25) is 4.68 Å². The van der Waals surface area contributed by atoms with Crippen molar-refractivity contribution in [3.05, 3.63) is 24.5 Å². The second-order valence-electron chi connectivity index (χ2n) is 3.15. The Balaban J connectivity index is 2.12. The van der Waals surface area contributed by atoms with Gasteiger partial charge in [-0.05, 0) is 6.92 Å². The number of ether oxygens (including phenoxy) is 1. The molecule has 0 saturated carbocycles. The molecule has 0 aromatic carbocycles. The summed E-state index contributed by atoms with van der Waals surface area (Å²) in [4.78, 5) is 8.25. The highest BCUT2D eigenvalue weighted by Gasteiger charge is 2.01. The van der Waals surface area contributed by atoms with Crippen molar-refractivity contribution in [1.82, 2.24) is 19.7 Å². The maximum absolute atomic E-state index is 5.27. The summed E-state index contributed by atoms with van der Waals surface area (Å²) in [5.41, 5.74) is 0. The zero-order chi connectivity index (χ0) is 11.4. The first kappa shape index (κ1) is 10.4. The summed E-state index contributed by atoms with van der Waals surface area (Å²) in [6.07, 6.45) is 3.48. The first-order valence-electron chi connectivity index (χ1n) is 5.00. The molecule has 0 spiro atoms. The predicted octanol–water partition coefficient (Wildman–Crippen LogP) is 1.35. The molecule has 0 amide bonds. The van der Waals surface area contributed by atoms with E-state index in [2.05, 4.69) is 20.4 Å². The molecule has 0 atom stereocenters. The van der Waals surface area contributed by atoms with Crippen molar-refractivity contribution >= 4 is 11.8 Å². The summed E-state index contributed by atoms with van der Waals surface area (Å²) in [6, 6.07) is 3.56. The van der Waals surface area contributed by atoms with Crippen LogP contribution in [-0.2, 0) is 7.05 Å². The molecular formula is C10H13N5O. The van der Waals surface area contributed by atoms with Crippen LogP contribution in [0.25, 0.3) is 0 Å².